The third-order valence-electron chi connectivity index (χ3n) is 5.17. The summed E-state index contributed by atoms with van der Waals surface area (Å²) < 4.78 is 21.8. The predicted molar refractivity (Wildman–Crippen MR) is 101 cm³/mol. The lowest BCUT2D eigenvalue weighted by Gasteiger charge is -2.20. The van der Waals surface area contributed by atoms with Crippen LogP contribution in [0.15, 0.2) is 5.11 Å². The highest BCUT2D eigenvalue weighted by atomic mass is 16.7. The number of hydrogen-bond acceptors (Lipinski definition) is 9. The molecule has 0 aliphatic carbocycles. The summed E-state index contributed by atoms with van der Waals surface area (Å²) in [6, 6.07) is 0. The van der Waals surface area contributed by atoms with Crippen LogP contribution in [-0.2, 0) is 18.9 Å². The molecule has 2 saturated heterocycles. The van der Waals surface area contributed by atoms with E-state index in [1.807, 2.05) is 0 Å². The first-order valence-electron chi connectivity index (χ1n) is 10.3. The lowest BCUT2D eigenvalue weighted by atomic mass is 10.1. The molecule has 0 aromatic carbocycles. The van der Waals surface area contributed by atoms with Gasteiger partial charge in [0.25, 0.3) is 0 Å². The van der Waals surface area contributed by atoms with E-state index in [0.717, 1.165) is 19.3 Å². The van der Waals surface area contributed by atoms with Crippen molar-refractivity contribution in [1.29, 1.82) is 0 Å². The molecule has 2 rings (SSSR count). The Kier molecular flexibility index (Phi) is 10.6. The van der Waals surface area contributed by atoms with Crippen molar-refractivity contribution in [3.05, 3.63) is 10.4 Å². The molecule has 2 aliphatic rings. The average molecular weight is 419 g/mol. The van der Waals surface area contributed by atoms with E-state index in [1.54, 1.807) is 0 Å². The third kappa shape index (κ3) is 7.02. The van der Waals surface area contributed by atoms with E-state index in [0.29, 0.717) is 6.61 Å². The highest BCUT2D eigenvalue weighted by molar-refractivity contribution is 4.90. The smallest absolute Gasteiger partial charge is 0.186 e. The average Bonchev–Trinajstić information content (AvgIpc) is 3.14. The van der Waals surface area contributed by atoms with Gasteiger partial charge in [0.2, 0.25) is 0 Å². The van der Waals surface area contributed by atoms with E-state index in [9.17, 15) is 20.4 Å². The van der Waals surface area contributed by atoms with Gasteiger partial charge in [-0.1, -0.05) is 44.1 Å². The summed E-state index contributed by atoms with van der Waals surface area (Å²) in [7, 11) is 0. The molecule has 0 aromatic rings. The van der Waals surface area contributed by atoms with Crippen molar-refractivity contribution in [3.8, 4) is 0 Å². The van der Waals surface area contributed by atoms with Crippen molar-refractivity contribution in [2.24, 2.45) is 5.11 Å². The Morgan fingerprint density at radius 2 is 1.41 bits per heavy atom. The predicted octanol–water partition coefficient (Wildman–Crippen LogP) is 0.584. The maximum absolute atomic E-state index is 10.1. The Balaban J connectivity index is 1.70. The van der Waals surface area contributed by atoms with Gasteiger partial charge in [-0.25, -0.2) is 0 Å². The van der Waals surface area contributed by atoms with Crippen molar-refractivity contribution in [2.45, 2.75) is 94.7 Å². The molecule has 0 aromatic heterocycles. The highest BCUT2D eigenvalue weighted by Crippen LogP contribution is 2.26. The van der Waals surface area contributed by atoms with Gasteiger partial charge in [0.05, 0.1) is 19.3 Å². The van der Waals surface area contributed by atoms with Gasteiger partial charge in [-0.3, -0.25) is 0 Å². The lowest BCUT2D eigenvalue weighted by molar-refractivity contribution is -0.204. The Labute approximate surface area is 170 Å². The summed E-state index contributed by atoms with van der Waals surface area (Å²) in [5.41, 5.74) is 8.34. The van der Waals surface area contributed by atoms with E-state index < -0.39 is 49.2 Å². The molecule has 11 nitrogen and oxygen atoms in total. The fourth-order valence-electron chi connectivity index (χ4n) is 3.38. The number of azide groups is 1. The second kappa shape index (κ2) is 12.6. The molecule has 4 N–H and O–H groups in total. The maximum Gasteiger partial charge on any atom is 0.186 e. The first-order valence-corrected chi connectivity index (χ1v) is 10.3. The van der Waals surface area contributed by atoms with Gasteiger partial charge in [0, 0.05) is 11.5 Å². The standard InChI is InChI=1S/C18H33N3O8/c1-2-3-4-5-6-7-8-26-17-16(25)14(23)12(29-17)10-27-18-15(24)13(22)11(28-18)9-20-21-19/h11-18,22-25H,2-10H2,1H3/t11-,12-,13-,14-,15+,16+,17+,18+/m1/s1. The number of nitrogens with zero attached hydrogens (tertiary/aromatic N) is 3. The zero-order valence-electron chi connectivity index (χ0n) is 16.7. The Hall–Kier alpha value is -1.01. The van der Waals surface area contributed by atoms with Crippen LogP contribution < -0.4 is 0 Å². The van der Waals surface area contributed by atoms with Crippen LogP contribution >= 0.6 is 0 Å². The second-order valence-corrected chi connectivity index (χ2v) is 7.43. The molecule has 0 bridgehead atoms. The number of rotatable bonds is 13. The minimum Gasteiger partial charge on any atom is -0.387 e. The van der Waals surface area contributed by atoms with Crippen molar-refractivity contribution in [2.75, 3.05) is 19.8 Å². The maximum atomic E-state index is 10.1. The van der Waals surface area contributed by atoms with Crippen molar-refractivity contribution >= 4 is 0 Å². The van der Waals surface area contributed by atoms with Gasteiger partial charge in [-0.05, 0) is 12.0 Å². The van der Waals surface area contributed by atoms with E-state index in [4.69, 9.17) is 24.5 Å². The third-order valence-corrected chi connectivity index (χ3v) is 5.17. The molecule has 0 spiro atoms. The van der Waals surface area contributed by atoms with Crippen LogP contribution in [0.25, 0.3) is 10.4 Å². The molecule has 2 heterocycles. The minimum absolute atomic E-state index is 0.149. The number of aliphatic hydroxyl groups is 4. The van der Waals surface area contributed by atoms with Gasteiger partial charge in [-0.15, -0.1) is 0 Å². The lowest BCUT2D eigenvalue weighted by Crippen LogP contribution is -2.38. The molecule has 8 atom stereocenters. The zero-order chi connectivity index (χ0) is 21.2. The molecule has 2 aliphatic heterocycles. The highest BCUT2D eigenvalue weighted by Gasteiger charge is 2.46. The first kappa shape index (κ1) is 24.3. The summed E-state index contributed by atoms with van der Waals surface area (Å²) >= 11 is 0. The van der Waals surface area contributed by atoms with Gasteiger partial charge in [0.1, 0.15) is 30.5 Å². The molecule has 29 heavy (non-hydrogen) atoms. The fraction of sp³-hybridized carbons (Fsp3) is 1.00. The van der Waals surface area contributed by atoms with Crippen LogP contribution in [0.4, 0.5) is 0 Å². The van der Waals surface area contributed by atoms with Crippen LogP contribution in [0.5, 0.6) is 0 Å². The Morgan fingerprint density at radius 3 is 2.10 bits per heavy atom. The van der Waals surface area contributed by atoms with E-state index in [1.165, 1.54) is 19.3 Å². The molecule has 0 saturated carbocycles. The molecular weight excluding hydrogens is 386 g/mol. The molecule has 0 amide bonds. The van der Waals surface area contributed by atoms with Crippen molar-refractivity contribution in [3.63, 3.8) is 0 Å². The normalized spacial score (nSPS) is 37.0. The van der Waals surface area contributed by atoms with Crippen molar-refractivity contribution < 1.29 is 39.4 Å². The summed E-state index contributed by atoms with van der Waals surface area (Å²) in [5, 5.41) is 43.4. The summed E-state index contributed by atoms with van der Waals surface area (Å²) in [6.07, 6.45) is -2.27. The Bertz CT molecular complexity index is 521. The topological polar surface area (TPSA) is 167 Å². The van der Waals surface area contributed by atoms with Gasteiger partial charge < -0.3 is 39.4 Å². The number of ether oxygens (including phenoxy) is 4. The molecular formula is C18H33N3O8. The zero-order valence-corrected chi connectivity index (χ0v) is 16.7. The number of hydrogen-bond donors (Lipinski definition) is 4. The van der Waals surface area contributed by atoms with Gasteiger partial charge in [-0.2, -0.15) is 0 Å². The van der Waals surface area contributed by atoms with Crippen LogP contribution in [0.2, 0.25) is 0 Å². The van der Waals surface area contributed by atoms with E-state index >= 15 is 0 Å². The number of aliphatic hydroxyl groups excluding tert-OH is 4. The molecule has 0 radical (unpaired) electrons. The Morgan fingerprint density at radius 1 is 0.828 bits per heavy atom. The molecule has 2 fully saturated rings. The largest absolute Gasteiger partial charge is 0.387 e. The van der Waals surface area contributed by atoms with Gasteiger partial charge in [0.15, 0.2) is 12.6 Å². The number of unbranched alkanes of at least 4 members (excludes halogenated alkanes) is 5. The monoisotopic (exact) mass is 419 g/mol. The second-order valence-electron chi connectivity index (χ2n) is 7.43. The van der Waals surface area contributed by atoms with Gasteiger partial charge >= 0.3 is 0 Å². The summed E-state index contributed by atoms with van der Waals surface area (Å²) in [6.45, 7) is 2.25. The first-order chi connectivity index (χ1) is 14.0. The SMILES string of the molecule is CCCCCCCCO[C@H]1O[C@H](CO[C@H]2O[C@H](CN=[N+]=[N-])[C@@H](O)[C@@H]2O)[C@@H](O)[C@@H]1O. The van der Waals surface area contributed by atoms with E-state index in [-0.39, 0.29) is 13.2 Å². The summed E-state index contributed by atoms with van der Waals surface area (Å²) in [4.78, 5) is 2.58. The fourth-order valence-corrected chi connectivity index (χ4v) is 3.38. The van der Waals surface area contributed by atoms with Crippen LogP contribution in [-0.4, -0.2) is 89.4 Å². The minimum atomic E-state index is -1.34. The molecule has 11 heteroatoms. The van der Waals surface area contributed by atoms with Crippen LogP contribution in [0.1, 0.15) is 45.4 Å². The quantitative estimate of drug-likeness (QED) is 0.146. The van der Waals surface area contributed by atoms with E-state index in [2.05, 4.69) is 16.9 Å². The molecule has 0 unspecified atom stereocenters. The van der Waals surface area contributed by atoms with Crippen molar-refractivity contribution in [1.82, 2.24) is 0 Å². The van der Waals surface area contributed by atoms with Crippen LogP contribution in [0.3, 0.4) is 0 Å². The molecule has 168 valence electrons. The van der Waals surface area contributed by atoms with Crippen LogP contribution in [0, 0.1) is 0 Å². The summed E-state index contributed by atoms with van der Waals surface area (Å²) in [5.74, 6) is 0.